The fraction of sp³-hybridized carbons (Fsp3) is 0.308. The molecule has 0 radical (unpaired) electrons. The highest BCUT2D eigenvalue weighted by molar-refractivity contribution is 5.89. The maximum atomic E-state index is 11.5. The Morgan fingerprint density at radius 3 is 2.50 bits per heavy atom. The Morgan fingerprint density at radius 2 is 2.00 bits per heavy atom. The molecule has 0 aliphatic carbocycles. The molecule has 5 heteroatoms. The highest BCUT2D eigenvalue weighted by Gasteiger charge is 2.33. The van der Waals surface area contributed by atoms with Crippen LogP contribution in [0.25, 0.3) is 0 Å². The maximum absolute atomic E-state index is 11.5. The van der Waals surface area contributed by atoms with Crippen LogP contribution in [0.2, 0.25) is 0 Å². The molecule has 0 aliphatic heterocycles. The molecule has 1 rings (SSSR count). The van der Waals surface area contributed by atoms with Crippen molar-refractivity contribution >= 4 is 11.9 Å². The van der Waals surface area contributed by atoms with Crippen LogP contribution in [-0.4, -0.2) is 23.7 Å². The first-order valence-electron chi connectivity index (χ1n) is 5.36. The van der Waals surface area contributed by atoms with Crippen molar-refractivity contribution < 1.29 is 19.4 Å². The van der Waals surface area contributed by atoms with Crippen molar-refractivity contribution in [2.45, 2.75) is 13.3 Å². The Morgan fingerprint density at radius 1 is 1.39 bits per heavy atom. The van der Waals surface area contributed by atoms with Crippen LogP contribution in [0, 0.1) is 16.7 Å². The van der Waals surface area contributed by atoms with Gasteiger partial charge < -0.3 is 9.84 Å². The topological polar surface area (TPSA) is 87.4 Å². The lowest BCUT2D eigenvalue weighted by molar-refractivity contribution is -0.145. The van der Waals surface area contributed by atoms with Gasteiger partial charge in [0.2, 0.25) is 0 Å². The molecule has 1 aromatic carbocycles. The molecule has 5 nitrogen and oxygen atoms in total. The first-order valence-corrected chi connectivity index (χ1v) is 5.36. The lowest BCUT2D eigenvalue weighted by Crippen LogP contribution is -2.27. The van der Waals surface area contributed by atoms with Gasteiger partial charge >= 0.3 is 11.9 Å². The number of rotatable bonds is 5. The first kappa shape index (κ1) is 13.7. The standard InChI is InChI=1S/C13H13NO4/c1-13(9-14,12(16)17)7-8-18-11(15)10-5-3-2-4-6-10/h2-6H,7-8H2,1H3,(H,16,17). The lowest BCUT2D eigenvalue weighted by atomic mass is 9.89. The number of esters is 1. The van der Waals surface area contributed by atoms with Crippen molar-refractivity contribution in [3.63, 3.8) is 0 Å². The number of carbonyl (C=O) groups excluding carboxylic acids is 1. The van der Waals surface area contributed by atoms with Gasteiger partial charge in [-0.05, 0) is 19.1 Å². The summed E-state index contributed by atoms with van der Waals surface area (Å²) in [6.45, 7) is 1.19. The molecule has 0 amide bonds. The summed E-state index contributed by atoms with van der Waals surface area (Å²) in [6, 6.07) is 10.1. The predicted molar refractivity (Wildman–Crippen MR) is 62.7 cm³/mol. The number of ether oxygens (including phenoxy) is 1. The van der Waals surface area contributed by atoms with Crippen LogP contribution in [-0.2, 0) is 9.53 Å². The molecule has 1 N–H and O–H groups in total. The zero-order valence-corrected chi connectivity index (χ0v) is 9.92. The molecule has 0 heterocycles. The monoisotopic (exact) mass is 247 g/mol. The third-order valence-electron chi connectivity index (χ3n) is 2.56. The van der Waals surface area contributed by atoms with Crippen LogP contribution in [0.5, 0.6) is 0 Å². The molecule has 0 saturated carbocycles. The van der Waals surface area contributed by atoms with Crippen LogP contribution in [0.1, 0.15) is 23.7 Å². The molecule has 0 aromatic heterocycles. The quantitative estimate of drug-likeness (QED) is 0.802. The number of nitrogens with zero attached hydrogens (tertiary/aromatic N) is 1. The minimum Gasteiger partial charge on any atom is -0.480 e. The van der Waals surface area contributed by atoms with E-state index in [1.807, 2.05) is 0 Å². The van der Waals surface area contributed by atoms with E-state index in [0.717, 1.165) is 0 Å². The molecule has 1 aromatic rings. The normalized spacial score (nSPS) is 13.1. The summed E-state index contributed by atoms with van der Waals surface area (Å²) >= 11 is 0. The fourth-order valence-corrected chi connectivity index (χ4v) is 1.22. The fourth-order valence-electron chi connectivity index (χ4n) is 1.22. The highest BCUT2D eigenvalue weighted by Crippen LogP contribution is 2.20. The van der Waals surface area contributed by atoms with Gasteiger partial charge in [-0.2, -0.15) is 5.26 Å². The van der Waals surface area contributed by atoms with E-state index in [1.54, 1.807) is 36.4 Å². The van der Waals surface area contributed by atoms with E-state index in [0.29, 0.717) is 5.56 Å². The number of hydrogen-bond donors (Lipinski definition) is 1. The van der Waals surface area contributed by atoms with Crippen LogP contribution in [0.4, 0.5) is 0 Å². The van der Waals surface area contributed by atoms with Crippen LogP contribution in [0.15, 0.2) is 30.3 Å². The molecular formula is C13H13NO4. The number of hydrogen-bond acceptors (Lipinski definition) is 4. The molecule has 18 heavy (non-hydrogen) atoms. The average molecular weight is 247 g/mol. The van der Waals surface area contributed by atoms with Gasteiger partial charge in [0, 0.05) is 6.42 Å². The molecule has 0 fully saturated rings. The van der Waals surface area contributed by atoms with Gasteiger partial charge in [0.25, 0.3) is 0 Å². The van der Waals surface area contributed by atoms with E-state index in [4.69, 9.17) is 15.1 Å². The van der Waals surface area contributed by atoms with E-state index < -0.39 is 17.4 Å². The van der Waals surface area contributed by atoms with Gasteiger partial charge in [0.1, 0.15) is 0 Å². The van der Waals surface area contributed by atoms with E-state index in [2.05, 4.69) is 0 Å². The first-order chi connectivity index (χ1) is 8.49. The summed E-state index contributed by atoms with van der Waals surface area (Å²) in [6.07, 6.45) is -0.0442. The lowest BCUT2D eigenvalue weighted by Gasteiger charge is -2.15. The second-order valence-electron chi connectivity index (χ2n) is 4.00. The Labute approximate surface area is 105 Å². The summed E-state index contributed by atoms with van der Waals surface area (Å²) in [5.41, 5.74) is -1.14. The number of carboxylic acids is 1. The smallest absolute Gasteiger partial charge is 0.338 e. The number of benzene rings is 1. The predicted octanol–water partition coefficient (Wildman–Crippen LogP) is 1.85. The van der Waals surface area contributed by atoms with Gasteiger partial charge in [0.05, 0.1) is 18.2 Å². The van der Waals surface area contributed by atoms with Crippen molar-refractivity contribution in [2.75, 3.05) is 6.61 Å². The molecule has 1 unspecified atom stereocenters. The second-order valence-corrected chi connectivity index (χ2v) is 4.00. The van der Waals surface area contributed by atoms with Crippen LogP contribution < -0.4 is 0 Å². The molecule has 0 spiro atoms. The minimum absolute atomic E-state index is 0.0442. The Balaban J connectivity index is 2.51. The largest absolute Gasteiger partial charge is 0.480 e. The van der Waals surface area contributed by atoms with Crippen LogP contribution in [0.3, 0.4) is 0 Å². The third-order valence-corrected chi connectivity index (χ3v) is 2.56. The van der Waals surface area contributed by atoms with E-state index >= 15 is 0 Å². The maximum Gasteiger partial charge on any atom is 0.338 e. The Kier molecular flexibility index (Phi) is 4.44. The zero-order chi connectivity index (χ0) is 13.6. The van der Waals surface area contributed by atoms with Gasteiger partial charge in [0.15, 0.2) is 5.41 Å². The highest BCUT2D eigenvalue weighted by atomic mass is 16.5. The number of carbonyl (C=O) groups is 2. The van der Waals surface area contributed by atoms with Crippen molar-refractivity contribution in [2.24, 2.45) is 5.41 Å². The minimum atomic E-state index is -1.53. The summed E-state index contributed by atoms with van der Waals surface area (Å²) in [5.74, 6) is -1.75. The van der Waals surface area contributed by atoms with Gasteiger partial charge in [-0.3, -0.25) is 4.79 Å². The van der Waals surface area contributed by atoms with Crippen molar-refractivity contribution in [3.05, 3.63) is 35.9 Å². The number of aliphatic carboxylic acids is 1. The van der Waals surface area contributed by atoms with E-state index in [-0.39, 0.29) is 13.0 Å². The summed E-state index contributed by atoms with van der Waals surface area (Å²) in [5, 5.41) is 17.6. The molecule has 94 valence electrons. The van der Waals surface area contributed by atoms with Gasteiger partial charge in [-0.15, -0.1) is 0 Å². The third kappa shape index (κ3) is 3.32. The van der Waals surface area contributed by atoms with E-state index in [9.17, 15) is 9.59 Å². The summed E-state index contributed by atoms with van der Waals surface area (Å²) in [7, 11) is 0. The second kappa shape index (κ2) is 5.82. The summed E-state index contributed by atoms with van der Waals surface area (Å²) < 4.78 is 4.92. The van der Waals surface area contributed by atoms with Gasteiger partial charge in [-0.1, -0.05) is 18.2 Å². The Bertz CT molecular complexity index is 478. The SMILES string of the molecule is CC(C#N)(CCOC(=O)c1ccccc1)C(=O)O. The molecular weight excluding hydrogens is 234 g/mol. The summed E-state index contributed by atoms with van der Waals surface area (Å²) in [4.78, 5) is 22.4. The number of carboxylic acid groups (broad SMARTS) is 1. The zero-order valence-electron chi connectivity index (χ0n) is 9.92. The number of nitriles is 1. The molecule has 1 atom stereocenters. The Hall–Kier alpha value is -2.35. The van der Waals surface area contributed by atoms with Crippen molar-refractivity contribution in [1.82, 2.24) is 0 Å². The van der Waals surface area contributed by atoms with Crippen LogP contribution >= 0.6 is 0 Å². The molecule has 0 saturated heterocycles. The van der Waals surface area contributed by atoms with Crippen molar-refractivity contribution in [1.29, 1.82) is 5.26 Å². The van der Waals surface area contributed by atoms with E-state index in [1.165, 1.54) is 6.92 Å². The molecule has 0 aliphatic rings. The average Bonchev–Trinajstić information content (AvgIpc) is 2.39. The van der Waals surface area contributed by atoms with Gasteiger partial charge in [-0.25, -0.2) is 4.79 Å². The van der Waals surface area contributed by atoms with Crippen molar-refractivity contribution in [3.8, 4) is 6.07 Å². The molecule has 0 bridgehead atoms.